The number of nitrogens with one attached hydrogen (secondary N) is 1. The van der Waals surface area contributed by atoms with E-state index < -0.39 is 0 Å². The van der Waals surface area contributed by atoms with Crippen molar-refractivity contribution in [1.29, 1.82) is 0 Å². The Morgan fingerprint density at radius 1 is 1.25 bits per heavy atom. The van der Waals surface area contributed by atoms with Crippen LogP contribution in [0.5, 0.6) is 5.75 Å². The molecule has 0 radical (unpaired) electrons. The van der Waals surface area contributed by atoms with Crippen LogP contribution in [-0.2, 0) is 0 Å². The lowest BCUT2D eigenvalue weighted by Gasteiger charge is -2.08. The standard InChI is InChI=1S/C15H12N2O3/c1-9-6-11(18)3-4-12(9)17-15(19)10-2-5-14-13(7-10)16-8-20-14/h2-8,18H,1H3,(H,17,19). The van der Waals surface area contributed by atoms with Gasteiger partial charge in [0.2, 0.25) is 0 Å². The maximum absolute atomic E-state index is 12.2. The zero-order valence-corrected chi connectivity index (χ0v) is 10.8. The first kappa shape index (κ1) is 12.2. The summed E-state index contributed by atoms with van der Waals surface area (Å²) in [6.45, 7) is 1.82. The Morgan fingerprint density at radius 2 is 2.10 bits per heavy atom. The van der Waals surface area contributed by atoms with Gasteiger partial charge in [-0.05, 0) is 48.9 Å². The second kappa shape index (κ2) is 4.70. The van der Waals surface area contributed by atoms with Gasteiger partial charge in [-0.1, -0.05) is 0 Å². The molecule has 0 spiro atoms. The van der Waals surface area contributed by atoms with E-state index in [1.165, 1.54) is 12.5 Å². The van der Waals surface area contributed by atoms with Crippen LogP contribution in [0.15, 0.2) is 47.2 Å². The van der Waals surface area contributed by atoms with Crippen LogP contribution in [-0.4, -0.2) is 16.0 Å². The molecule has 1 amide bonds. The highest BCUT2D eigenvalue weighted by Gasteiger charge is 2.10. The van der Waals surface area contributed by atoms with Gasteiger partial charge in [-0.25, -0.2) is 4.98 Å². The highest BCUT2D eigenvalue weighted by molar-refractivity contribution is 6.06. The van der Waals surface area contributed by atoms with Gasteiger partial charge in [0.1, 0.15) is 11.3 Å². The Balaban J connectivity index is 1.88. The molecule has 5 heteroatoms. The lowest BCUT2D eigenvalue weighted by atomic mass is 10.1. The molecule has 1 aromatic heterocycles. The maximum Gasteiger partial charge on any atom is 0.255 e. The van der Waals surface area contributed by atoms with Crippen molar-refractivity contribution in [3.05, 3.63) is 53.9 Å². The number of aromatic nitrogens is 1. The number of fused-ring (bicyclic) bond motifs is 1. The van der Waals surface area contributed by atoms with Crippen LogP contribution < -0.4 is 5.32 Å². The third kappa shape index (κ3) is 2.21. The quantitative estimate of drug-likeness (QED) is 0.700. The molecule has 0 saturated carbocycles. The Kier molecular flexibility index (Phi) is 2.87. The fourth-order valence-electron chi connectivity index (χ4n) is 1.98. The van der Waals surface area contributed by atoms with Crippen LogP contribution in [0.4, 0.5) is 5.69 Å². The molecule has 0 fully saturated rings. The van der Waals surface area contributed by atoms with Crippen molar-refractivity contribution in [2.24, 2.45) is 0 Å². The average Bonchev–Trinajstić information content (AvgIpc) is 2.89. The minimum absolute atomic E-state index is 0.171. The number of nitrogens with zero attached hydrogens (tertiary/aromatic N) is 1. The van der Waals surface area contributed by atoms with Crippen molar-refractivity contribution >= 4 is 22.7 Å². The number of hydrogen-bond donors (Lipinski definition) is 2. The molecule has 0 unspecified atom stereocenters. The van der Waals surface area contributed by atoms with Gasteiger partial charge in [-0.2, -0.15) is 0 Å². The number of oxazole rings is 1. The fraction of sp³-hybridized carbons (Fsp3) is 0.0667. The van der Waals surface area contributed by atoms with Crippen LogP contribution in [0.25, 0.3) is 11.1 Å². The van der Waals surface area contributed by atoms with Crippen LogP contribution in [0, 0.1) is 6.92 Å². The van der Waals surface area contributed by atoms with Crippen LogP contribution in [0.2, 0.25) is 0 Å². The Morgan fingerprint density at radius 3 is 2.90 bits per heavy atom. The molecule has 0 aliphatic heterocycles. The summed E-state index contributed by atoms with van der Waals surface area (Å²) in [4.78, 5) is 16.2. The van der Waals surface area contributed by atoms with Crippen molar-refractivity contribution < 1.29 is 14.3 Å². The molecule has 100 valence electrons. The number of benzene rings is 2. The number of aryl methyl sites for hydroxylation is 1. The summed E-state index contributed by atoms with van der Waals surface area (Å²) in [6, 6.07) is 9.85. The van der Waals surface area contributed by atoms with E-state index in [1.807, 2.05) is 6.92 Å². The van der Waals surface area contributed by atoms with Crippen molar-refractivity contribution in [3.63, 3.8) is 0 Å². The van der Waals surface area contributed by atoms with Gasteiger partial charge in [-0.3, -0.25) is 4.79 Å². The molecular weight excluding hydrogens is 256 g/mol. The highest BCUT2D eigenvalue weighted by atomic mass is 16.3. The monoisotopic (exact) mass is 268 g/mol. The first-order valence-corrected chi connectivity index (χ1v) is 6.08. The lowest BCUT2D eigenvalue weighted by Crippen LogP contribution is -2.12. The van der Waals surface area contributed by atoms with Gasteiger partial charge in [0.15, 0.2) is 12.0 Å². The molecule has 5 nitrogen and oxygen atoms in total. The van der Waals surface area contributed by atoms with Gasteiger partial charge < -0.3 is 14.8 Å². The average molecular weight is 268 g/mol. The van der Waals surface area contributed by atoms with Gasteiger partial charge in [0, 0.05) is 11.3 Å². The van der Waals surface area contributed by atoms with E-state index in [2.05, 4.69) is 10.3 Å². The van der Waals surface area contributed by atoms with Crippen LogP contribution >= 0.6 is 0 Å². The minimum atomic E-state index is -0.233. The van der Waals surface area contributed by atoms with Crippen LogP contribution in [0.3, 0.4) is 0 Å². The van der Waals surface area contributed by atoms with Gasteiger partial charge in [0.25, 0.3) is 5.91 Å². The summed E-state index contributed by atoms with van der Waals surface area (Å²) in [5, 5.41) is 12.2. The van der Waals surface area contributed by atoms with E-state index in [0.29, 0.717) is 22.4 Å². The third-order valence-electron chi connectivity index (χ3n) is 3.05. The predicted molar refractivity (Wildman–Crippen MR) is 74.8 cm³/mol. The fourth-order valence-corrected chi connectivity index (χ4v) is 1.98. The molecule has 20 heavy (non-hydrogen) atoms. The molecule has 0 aliphatic carbocycles. The number of amides is 1. The first-order chi connectivity index (χ1) is 9.63. The van der Waals surface area contributed by atoms with E-state index in [9.17, 15) is 9.90 Å². The predicted octanol–water partition coefficient (Wildman–Crippen LogP) is 3.09. The van der Waals surface area contributed by atoms with Crippen molar-refractivity contribution in [1.82, 2.24) is 4.98 Å². The van der Waals surface area contributed by atoms with Crippen LogP contribution in [0.1, 0.15) is 15.9 Å². The molecule has 1 heterocycles. The van der Waals surface area contributed by atoms with Gasteiger partial charge in [0.05, 0.1) is 0 Å². The minimum Gasteiger partial charge on any atom is -0.508 e. The first-order valence-electron chi connectivity index (χ1n) is 6.08. The largest absolute Gasteiger partial charge is 0.508 e. The second-order valence-corrected chi connectivity index (χ2v) is 4.49. The molecule has 2 N–H and O–H groups in total. The molecule has 3 aromatic rings. The number of anilines is 1. The van der Waals surface area contributed by atoms with E-state index in [-0.39, 0.29) is 11.7 Å². The van der Waals surface area contributed by atoms with Gasteiger partial charge >= 0.3 is 0 Å². The van der Waals surface area contributed by atoms with E-state index in [1.54, 1.807) is 30.3 Å². The molecular formula is C15H12N2O3. The zero-order chi connectivity index (χ0) is 14.1. The Labute approximate surface area is 114 Å². The topological polar surface area (TPSA) is 75.4 Å². The normalized spacial score (nSPS) is 10.7. The van der Waals surface area contributed by atoms with Crippen molar-refractivity contribution in [3.8, 4) is 5.75 Å². The number of aromatic hydroxyl groups is 1. The zero-order valence-electron chi connectivity index (χ0n) is 10.8. The molecule has 0 bridgehead atoms. The smallest absolute Gasteiger partial charge is 0.255 e. The Hall–Kier alpha value is -2.82. The Bertz CT molecular complexity index is 793. The van der Waals surface area contributed by atoms with E-state index in [0.717, 1.165) is 5.56 Å². The highest BCUT2D eigenvalue weighted by Crippen LogP contribution is 2.21. The molecule has 2 aromatic carbocycles. The number of rotatable bonds is 2. The number of hydrogen-bond acceptors (Lipinski definition) is 4. The number of carbonyl (C=O) groups is 1. The summed E-state index contributed by atoms with van der Waals surface area (Å²) in [6.07, 6.45) is 1.34. The van der Waals surface area contributed by atoms with Crippen molar-refractivity contribution in [2.45, 2.75) is 6.92 Å². The molecule has 0 aliphatic rings. The molecule has 0 atom stereocenters. The summed E-state index contributed by atoms with van der Waals surface area (Å²) in [7, 11) is 0. The maximum atomic E-state index is 12.2. The number of phenolic OH excluding ortho intramolecular Hbond substituents is 1. The third-order valence-corrected chi connectivity index (χ3v) is 3.05. The summed E-state index contributed by atoms with van der Waals surface area (Å²) in [5.41, 5.74) is 3.23. The van der Waals surface area contributed by atoms with E-state index >= 15 is 0 Å². The second-order valence-electron chi connectivity index (χ2n) is 4.49. The SMILES string of the molecule is Cc1cc(O)ccc1NC(=O)c1ccc2ocnc2c1. The molecule has 0 saturated heterocycles. The van der Waals surface area contributed by atoms with E-state index in [4.69, 9.17) is 4.42 Å². The summed E-state index contributed by atoms with van der Waals surface area (Å²) >= 11 is 0. The lowest BCUT2D eigenvalue weighted by molar-refractivity contribution is 0.102. The van der Waals surface area contributed by atoms with Gasteiger partial charge in [-0.15, -0.1) is 0 Å². The summed E-state index contributed by atoms with van der Waals surface area (Å²) in [5.74, 6) is -0.0618. The summed E-state index contributed by atoms with van der Waals surface area (Å²) < 4.78 is 5.13. The van der Waals surface area contributed by atoms with Crippen molar-refractivity contribution in [2.75, 3.05) is 5.32 Å². The molecule has 3 rings (SSSR count). The number of phenols is 1. The number of carbonyl (C=O) groups excluding carboxylic acids is 1.